The number of carboxylic acids is 1. The van der Waals surface area contributed by atoms with Gasteiger partial charge in [0.25, 0.3) is 0 Å². The van der Waals surface area contributed by atoms with E-state index in [4.69, 9.17) is 9.84 Å². The third kappa shape index (κ3) is 5.72. The maximum absolute atomic E-state index is 12.6. The number of hydrogen-bond donors (Lipinski definition) is 3. The topological polar surface area (TPSA) is 105 Å². The number of aliphatic carboxylic acids is 1. The van der Waals surface area contributed by atoms with Crippen LogP contribution in [0.4, 0.5) is 4.79 Å². The van der Waals surface area contributed by atoms with Gasteiger partial charge in [-0.1, -0.05) is 62.4 Å². The lowest BCUT2D eigenvalue weighted by molar-refractivity contribution is -0.142. The molecule has 0 aliphatic heterocycles. The molecule has 176 valence electrons. The molecule has 0 aromatic heterocycles. The van der Waals surface area contributed by atoms with Crippen molar-refractivity contribution in [3.05, 3.63) is 59.7 Å². The predicted molar refractivity (Wildman–Crippen MR) is 126 cm³/mol. The fraction of sp³-hybridized carbons (Fsp3) is 0.423. The van der Waals surface area contributed by atoms with Crippen LogP contribution in [-0.2, 0) is 14.3 Å². The average molecular weight is 453 g/mol. The monoisotopic (exact) mass is 452 g/mol. The fourth-order valence-electron chi connectivity index (χ4n) is 4.10. The highest BCUT2D eigenvalue weighted by Crippen LogP contribution is 2.44. The summed E-state index contributed by atoms with van der Waals surface area (Å²) in [7, 11) is 0. The van der Waals surface area contributed by atoms with Crippen molar-refractivity contribution in [3.63, 3.8) is 0 Å². The Bertz CT molecular complexity index is 974. The highest BCUT2D eigenvalue weighted by atomic mass is 16.5. The smallest absolute Gasteiger partial charge is 0.407 e. The summed E-state index contributed by atoms with van der Waals surface area (Å²) < 4.78 is 5.59. The molecule has 3 rings (SSSR count). The van der Waals surface area contributed by atoms with Crippen LogP contribution in [0.2, 0.25) is 0 Å². The van der Waals surface area contributed by atoms with Gasteiger partial charge in [-0.25, -0.2) is 4.79 Å². The molecule has 2 aromatic carbocycles. The minimum atomic E-state index is -0.972. The molecular formula is C26H32N2O5. The van der Waals surface area contributed by atoms with Crippen molar-refractivity contribution in [2.45, 2.75) is 52.1 Å². The molecule has 7 nitrogen and oxygen atoms in total. The van der Waals surface area contributed by atoms with Crippen LogP contribution < -0.4 is 10.6 Å². The van der Waals surface area contributed by atoms with Crippen molar-refractivity contribution >= 4 is 18.0 Å². The fourth-order valence-corrected chi connectivity index (χ4v) is 4.10. The first-order valence-corrected chi connectivity index (χ1v) is 11.3. The SMILES string of the molecule is CC(NC(=O)C[C@@H](NC(=O)OCC1c2ccccc2-c2ccccc21)C(C)C)C(C)C(=O)O. The summed E-state index contributed by atoms with van der Waals surface area (Å²) in [5, 5.41) is 14.6. The number of amides is 2. The van der Waals surface area contributed by atoms with Gasteiger partial charge in [-0.2, -0.15) is 0 Å². The van der Waals surface area contributed by atoms with Crippen molar-refractivity contribution < 1.29 is 24.2 Å². The molecule has 0 heterocycles. The molecule has 2 unspecified atom stereocenters. The molecule has 0 spiro atoms. The number of nitrogens with one attached hydrogen (secondary N) is 2. The van der Waals surface area contributed by atoms with Gasteiger partial charge in [-0.3, -0.25) is 9.59 Å². The van der Waals surface area contributed by atoms with Gasteiger partial charge >= 0.3 is 12.1 Å². The third-order valence-electron chi connectivity index (χ3n) is 6.39. The van der Waals surface area contributed by atoms with E-state index in [9.17, 15) is 14.4 Å². The second kappa shape index (κ2) is 10.5. The van der Waals surface area contributed by atoms with E-state index in [0.29, 0.717) is 0 Å². The summed E-state index contributed by atoms with van der Waals surface area (Å²) in [6.45, 7) is 7.21. The molecule has 0 saturated heterocycles. The first-order valence-electron chi connectivity index (χ1n) is 11.3. The normalized spacial score (nSPS) is 15.2. The van der Waals surface area contributed by atoms with Gasteiger partial charge < -0.3 is 20.5 Å². The maximum Gasteiger partial charge on any atom is 0.407 e. The van der Waals surface area contributed by atoms with E-state index in [1.165, 1.54) is 0 Å². The molecule has 2 amide bonds. The number of benzene rings is 2. The zero-order chi connectivity index (χ0) is 24.1. The summed E-state index contributed by atoms with van der Waals surface area (Å²) >= 11 is 0. The standard InChI is InChI=1S/C26H32N2O5/c1-15(2)23(13-24(29)27-17(4)16(3)25(30)31)28-26(32)33-14-22-20-11-7-5-9-18(20)19-10-6-8-12-21(19)22/h5-12,15-17,22-23H,13-14H2,1-4H3,(H,27,29)(H,28,32)(H,30,31)/t16?,17?,23-/m1/s1. The molecule has 7 heteroatoms. The number of alkyl carbamates (subject to hydrolysis) is 1. The molecular weight excluding hydrogens is 420 g/mol. The Hall–Kier alpha value is -3.35. The predicted octanol–water partition coefficient (Wildman–Crippen LogP) is 4.17. The second-order valence-corrected chi connectivity index (χ2v) is 9.01. The van der Waals surface area contributed by atoms with E-state index in [1.54, 1.807) is 13.8 Å². The number of rotatable bonds is 9. The average Bonchev–Trinajstić information content (AvgIpc) is 3.10. The van der Waals surface area contributed by atoms with Gasteiger partial charge in [-0.15, -0.1) is 0 Å². The van der Waals surface area contributed by atoms with Crippen molar-refractivity contribution in [2.75, 3.05) is 6.61 Å². The highest BCUT2D eigenvalue weighted by Gasteiger charge is 2.30. The van der Waals surface area contributed by atoms with Gasteiger partial charge in [0.05, 0.1) is 5.92 Å². The maximum atomic E-state index is 12.6. The molecule has 1 aliphatic rings. The van der Waals surface area contributed by atoms with Gasteiger partial charge in [0.2, 0.25) is 5.91 Å². The molecule has 0 radical (unpaired) electrons. The Labute approximate surface area is 194 Å². The number of fused-ring (bicyclic) bond motifs is 3. The van der Waals surface area contributed by atoms with Crippen molar-refractivity contribution in [3.8, 4) is 11.1 Å². The number of ether oxygens (including phenoxy) is 1. The Balaban J connectivity index is 1.59. The van der Waals surface area contributed by atoms with Crippen LogP contribution in [-0.4, -0.2) is 41.8 Å². The Morgan fingerprint density at radius 1 is 0.909 bits per heavy atom. The van der Waals surface area contributed by atoms with Gasteiger partial charge in [0, 0.05) is 24.4 Å². The lowest BCUT2D eigenvalue weighted by atomic mass is 9.98. The Morgan fingerprint density at radius 3 is 1.97 bits per heavy atom. The van der Waals surface area contributed by atoms with E-state index in [0.717, 1.165) is 22.3 Å². The Kier molecular flexibility index (Phi) is 7.74. The quantitative estimate of drug-likeness (QED) is 0.530. The third-order valence-corrected chi connectivity index (χ3v) is 6.39. The van der Waals surface area contributed by atoms with Crippen molar-refractivity contribution in [2.24, 2.45) is 11.8 Å². The minimum absolute atomic E-state index is 0.0107. The summed E-state index contributed by atoms with van der Waals surface area (Å²) in [5.41, 5.74) is 4.58. The van der Waals surface area contributed by atoms with Crippen LogP contribution in [0.25, 0.3) is 11.1 Å². The lowest BCUT2D eigenvalue weighted by Crippen LogP contribution is -2.46. The van der Waals surface area contributed by atoms with Crippen molar-refractivity contribution in [1.82, 2.24) is 10.6 Å². The van der Waals surface area contributed by atoms with E-state index in [1.807, 2.05) is 38.1 Å². The molecule has 0 saturated carbocycles. The lowest BCUT2D eigenvalue weighted by Gasteiger charge is -2.24. The molecule has 0 bridgehead atoms. The van der Waals surface area contributed by atoms with E-state index >= 15 is 0 Å². The zero-order valence-electron chi connectivity index (χ0n) is 19.5. The van der Waals surface area contributed by atoms with E-state index < -0.39 is 30.1 Å². The van der Waals surface area contributed by atoms with Crippen LogP contribution in [0, 0.1) is 11.8 Å². The van der Waals surface area contributed by atoms with Gasteiger partial charge in [0.15, 0.2) is 0 Å². The first-order chi connectivity index (χ1) is 15.7. The number of carbonyl (C=O) groups excluding carboxylic acids is 2. The Morgan fingerprint density at radius 2 is 1.45 bits per heavy atom. The van der Waals surface area contributed by atoms with Crippen LogP contribution in [0.15, 0.2) is 48.5 Å². The second-order valence-electron chi connectivity index (χ2n) is 9.01. The molecule has 1 aliphatic carbocycles. The number of carbonyl (C=O) groups is 3. The van der Waals surface area contributed by atoms with Crippen LogP contribution >= 0.6 is 0 Å². The largest absolute Gasteiger partial charge is 0.481 e. The number of hydrogen-bond acceptors (Lipinski definition) is 4. The molecule has 0 fully saturated rings. The molecule has 33 heavy (non-hydrogen) atoms. The molecule has 2 aromatic rings. The van der Waals surface area contributed by atoms with E-state index in [2.05, 4.69) is 34.9 Å². The first kappa shape index (κ1) is 24.3. The zero-order valence-corrected chi connectivity index (χ0v) is 19.5. The summed E-state index contributed by atoms with van der Waals surface area (Å²) in [5.74, 6) is -2.04. The van der Waals surface area contributed by atoms with Gasteiger partial charge in [0.1, 0.15) is 6.61 Å². The minimum Gasteiger partial charge on any atom is -0.481 e. The molecule has 3 N–H and O–H groups in total. The summed E-state index contributed by atoms with van der Waals surface area (Å²) in [6, 6.07) is 15.3. The number of carboxylic acid groups (broad SMARTS) is 1. The van der Waals surface area contributed by atoms with Crippen LogP contribution in [0.1, 0.15) is 51.2 Å². The molecule has 3 atom stereocenters. The van der Waals surface area contributed by atoms with Crippen LogP contribution in [0.5, 0.6) is 0 Å². The van der Waals surface area contributed by atoms with Crippen molar-refractivity contribution in [1.29, 1.82) is 0 Å². The van der Waals surface area contributed by atoms with Gasteiger partial charge in [-0.05, 0) is 42.0 Å². The highest BCUT2D eigenvalue weighted by molar-refractivity contribution is 5.80. The summed E-state index contributed by atoms with van der Waals surface area (Å²) in [4.78, 5) is 36.1. The van der Waals surface area contributed by atoms with Crippen LogP contribution in [0.3, 0.4) is 0 Å². The van der Waals surface area contributed by atoms with E-state index in [-0.39, 0.29) is 30.8 Å². The summed E-state index contributed by atoms with van der Waals surface area (Å²) in [6.07, 6.45) is -0.534.